The van der Waals surface area contributed by atoms with Gasteiger partial charge in [-0.1, -0.05) is 59.8 Å². The second-order valence-corrected chi connectivity index (χ2v) is 7.80. The van der Waals surface area contributed by atoms with Gasteiger partial charge in [-0.15, -0.1) is 0 Å². The number of benzene rings is 2. The van der Waals surface area contributed by atoms with Crippen LogP contribution in [0.25, 0.3) is 0 Å². The van der Waals surface area contributed by atoms with E-state index in [2.05, 4.69) is 0 Å². The maximum Gasteiger partial charge on any atom is 0.184 e. The van der Waals surface area contributed by atoms with E-state index in [1.807, 2.05) is 61.5 Å². The summed E-state index contributed by atoms with van der Waals surface area (Å²) in [6, 6.07) is 17.5. The van der Waals surface area contributed by atoms with Gasteiger partial charge in [0.25, 0.3) is 0 Å². The van der Waals surface area contributed by atoms with Crippen LogP contribution in [-0.4, -0.2) is 46.7 Å². The lowest BCUT2D eigenvalue weighted by molar-refractivity contribution is -0.318. The third kappa shape index (κ3) is 3.67. The molecule has 2 saturated heterocycles. The normalized spacial score (nSPS) is 34.3. The van der Waals surface area contributed by atoms with E-state index in [1.165, 1.54) is 17.3 Å². The molecule has 2 fully saturated rings. The van der Waals surface area contributed by atoms with Gasteiger partial charge < -0.3 is 24.4 Å². The highest BCUT2D eigenvalue weighted by Crippen LogP contribution is 2.38. The molecule has 5 nitrogen and oxygen atoms in total. The molecule has 6 heteroatoms. The van der Waals surface area contributed by atoms with Crippen molar-refractivity contribution in [1.29, 1.82) is 0 Å². The average Bonchev–Trinajstić information content (AvgIpc) is 2.68. The highest BCUT2D eigenvalue weighted by molar-refractivity contribution is 7.99. The van der Waals surface area contributed by atoms with E-state index >= 15 is 0 Å². The molecular formula is C20H22O5S. The van der Waals surface area contributed by atoms with Crippen molar-refractivity contribution in [2.24, 2.45) is 0 Å². The predicted octanol–water partition coefficient (Wildman–Crippen LogP) is 2.65. The average molecular weight is 374 g/mol. The smallest absolute Gasteiger partial charge is 0.184 e. The molecule has 26 heavy (non-hydrogen) atoms. The summed E-state index contributed by atoms with van der Waals surface area (Å²) in [6.07, 6.45) is -3.69. The number of fused-ring (bicyclic) bond motifs is 1. The molecule has 2 aliphatic heterocycles. The Hall–Kier alpha value is -1.41. The Morgan fingerprint density at radius 3 is 2.38 bits per heavy atom. The summed E-state index contributed by atoms with van der Waals surface area (Å²) in [6.45, 7) is 2.33. The summed E-state index contributed by atoms with van der Waals surface area (Å²) >= 11 is 1.39. The summed E-state index contributed by atoms with van der Waals surface area (Å²) in [5.41, 5.74) is 1.47. The minimum Gasteiger partial charge on any atom is -0.387 e. The number of thioether (sulfide) groups is 1. The molecule has 2 aromatic rings. The number of aliphatic hydroxyl groups excluding tert-OH is 2. The molecule has 0 aromatic heterocycles. The Labute approximate surface area is 156 Å². The molecule has 2 aromatic carbocycles. The van der Waals surface area contributed by atoms with Crippen molar-refractivity contribution in [2.45, 2.75) is 48.0 Å². The van der Waals surface area contributed by atoms with Crippen molar-refractivity contribution < 1.29 is 24.4 Å². The third-order valence-corrected chi connectivity index (χ3v) is 5.84. The van der Waals surface area contributed by atoms with Gasteiger partial charge in [0.1, 0.15) is 29.9 Å². The fourth-order valence-corrected chi connectivity index (χ4v) is 4.27. The summed E-state index contributed by atoms with van der Waals surface area (Å²) in [7, 11) is 0. The molecule has 0 aliphatic carbocycles. The predicted molar refractivity (Wildman–Crippen MR) is 97.7 cm³/mol. The molecule has 6 atom stereocenters. The third-order valence-electron chi connectivity index (χ3n) is 4.68. The van der Waals surface area contributed by atoms with E-state index in [0.717, 1.165) is 10.5 Å². The monoisotopic (exact) mass is 374 g/mol. The number of hydrogen-bond acceptors (Lipinski definition) is 6. The van der Waals surface area contributed by atoms with Gasteiger partial charge in [0.15, 0.2) is 6.29 Å². The van der Waals surface area contributed by atoms with Crippen LogP contribution < -0.4 is 0 Å². The van der Waals surface area contributed by atoms with Crippen LogP contribution in [0, 0.1) is 6.92 Å². The zero-order valence-electron chi connectivity index (χ0n) is 14.4. The van der Waals surface area contributed by atoms with Crippen LogP contribution in [0.3, 0.4) is 0 Å². The molecule has 0 amide bonds. The van der Waals surface area contributed by atoms with Crippen LogP contribution in [0.5, 0.6) is 0 Å². The van der Waals surface area contributed by atoms with Gasteiger partial charge in [0.2, 0.25) is 0 Å². The van der Waals surface area contributed by atoms with Crippen molar-refractivity contribution in [3.05, 3.63) is 65.7 Å². The molecule has 0 unspecified atom stereocenters. The van der Waals surface area contributed by atoms with E-state index in [4.69, 9.17) is 14.2 Å². The van der Waals surface area contributed by atoms with Gasteiger partial charge in [-0.05, 0) is 19.1 Å². The standard InChI is InChI=1S/C20H22O5S/c1-12-7-9-14(10-8-12)26-20-17(22)16(21)18-15(24-20)11-23-19(25-18)13-5-3-2-4-6-13/h2-10,15-22H,11H2,1H3/t15-,16+,17+,18-,19-,20-/m0/s1. The molecule has 0 bridgehead atoms. The Kier molecular flexibility index (Phi) is 5.31. The van der Waals surface area contributed by atoms with Gasteiger partial charge >= 0.3 is 0 Å². The second kappa shape index (κ2) is 7.68. The Morgan fingerprint density at radius 1 is 0.923 bits per heavy atom. The summed E-state index contributed by atoms with van der Waals surface area (Å²) in [5.74, 6) is 0. The SMILES string of the molecule is Cc1ccc(S[C@@H]2O[C@H]3CO[C@H](c4ccccc4)O[C@@H]3[C@H](O)[C@H]2O)cc1. The molecule has 2 heterocycles. The summed E-state index contributed by atoms with van der Waals surface area (Å²) in [5, 5.41) is 21.1. The number of ether oxygens (including phenoxy) is 3. The first-order valence-corrected chi connectivity index (χ1v) is 9.57. The van der Waals surface area contributed by atoms with Crippen molar-refractivity contribution in [3.63, 3.8) is 0 Å². The summed E-state index contributed by atoms with van der Waals surface area (Å²) < 4.78 is 17.7. The Morgan fingerprint density at radius 2 is 1.65 bits per heavy atom. The van der Waals surface area contributed by atoms with E-state index in [9.17, 15) is 10.2 Å². The maximum atomic E-state index is 10.6. The zero-order chi connectivity index (χ0) is 18.1. The van der Waals surface area contributed by atoms with Crippen molar-refractivity contribution in [3.8, 4) is 0 Å². The van der Waals surface area contributed by atoms with E-state index < -0.39 is 36.1 Å². The first kappa shape index (κ1) is 18.0. The van der Waals surface area contributed by atoms with Gasteiger partial charge in [0, 0.05) is 10.5 Å². The molecule has 138 valence electrons. The zero-order valence-corrected chi connectivity index (χ0v) is 15.2. The highest BCUT2D eigenvalue weighted by Gasteiger charge is 2.49. The Bertz CT molecular complexity index is 721. The highest BCUT2D eigenvalue weighted by atomic mass is 32.2. The molecular weight excluding hydrogens is 352 g/mol. The van der Waals surface area contributed by atoms with E-state index in [-0.39, 0.29) is 0 Å². The number of rotatable bonds is 3. The lowest BCUT2D eigenvalue weighted by Crippen LogP contribution is -2.60. The molecule has 0 spiro atoms. The van der Waals surface area contributed by atoms with Crippen LogP contribution in [0.2, 0.25) is 0 Å². The number of aliphatic hydroxyl groups is 2. The van der Waals surface area contributed by atoms with Crippen molar-refractivity contribution >= 4 is 11.8 Å². The van der Waals surface area contributed by atoms with Gasteiger partial charge in [0.05, 0.1) is 6.61 Å². The molecule has 2 N–H and O–H groups in total. The Balaban J connectivity index is 1.45. The lowest BCUT2D eigenvalue weighted by Gasteiger charge is -2.46. The van der Waals surface area contributed by atoms with Crippen molar-refractivity contribution in [2.75, 3.05) is 6.61 Å². The van der Waals surface area contributed by atoms with Crippen LogP contribution in [0.4, 0.5) is 0 Å². The van der Waals surface area contributed by atoms with Crippen molar-refractivity contribution in [1.82, 2.24) is 0 Å². The number of aryl methyl sites for hydroxylation is 1. The number of hydrogen-bond donors (Lipinski definition) is 2. The first-order valence-electron chi connectivity index (χ1n) is 8.69. The largest absolute Gasteiger partial charge is 0.387 e. The minimum absolute atomic E-state index is 0.305. The quantitative estimate of drug-likeness (QED) is 0.861. The maximum absolute atomic E-state index is 10.6. The summed E-state index contributed by atoms with van der Waals surface area (Å²) in [4.78, 5) is 0.977. The molecule has 2 aliphatic rings. The van der Waals surface area contributed by atoms with E-state index in [0.29, 0.717) is 6.61 Å². The van der Waals surface area contributed by atoms with Gasteiger partial charge in [-0.3, -0.25) is 0 Å². The molecule has 0 saturated carbocycles. The topological polar surface area (TPSA) is 68.2 Å². The van der Waals surface area contributed by atoms with Gasteiger partial charge in [-0.25, -0.2) is 0 Å². The van der Waals surface area contributed by atoms with Gasteiger partial charge in [-0.2, -0.15) is 0 Å². The van der Waals surface area contributed by atoms with Crippen LogP contribution in [0.15, 0.2) is 59.5 Å². The molecule has 0 radical (unpaired) electrons. The van der Waals surface area contributed by atoms with E-state index in [1.54, 1.807) is 0 Å². The molecule has 4 rings (SSSR count). The van der Waals surface area contributed by atoms with Crippen LogP contribution in [-0.2, 0) is 14.2 Å². The fourth-order valence-electron chi connectivity index (χ4n) is 3.21. The first-order chi connectivity index (χ1) is 12.6. The lowest BCUT2D eigenvalue weighted by atomic mass is 9.99. The fraction of sp³-hybridized carbons (Fsp3) is 0.400. The van der Waals surface area contributed by atoms with Crippen LogP contribution >= 0.6 is 11.8 Å². The minimum atomic E-state index is -1.04. The second-order valence-electron chi connectivity index (χ2n) is 6.63. The van der Waals surface area contributed by atoms with Crippen LogP contribution in [0.1, 0.15) is 17.4 Å².